The highest BCUT2D eigenvalue weighted by molar-refractivity contribution is 5.93. The summed E-state index contributed by atoms with van der Waals surface area (Å²) in [5, 5.41) is 1.34. The number of benzene rings is 2. The minimum atomic E-state index is 0.757. The average molecular weight is 438 g/mol. The molecule has 5 rings (SSSR count). The zero-order chi connectivity index (χ0) is 22.9. The van der Waals surface area contributed by atoms with Gasteiger partial charge in [-0.2, -0.15) is 0 Å². The summed E-state index contributed by atoms with van der Waals surface area (Å²) in [6.45, 7) is 12.0. The van der Waals surface area contributed by atoms with Crippen LogP contribution in [0.1, 0.15) is 46.4 Å². The number of nitrogens with zero attached hydrogens (tertiary/aromatic N) is 3. The first-order chi connectivity index (χ1) is 16.0. The largest absolute Gasteiger partial charge is 0.355 e. The summed E-state index contributed by atoms with van der Waals surface area (Å²) in [5.74, 6) is 1.92. The summed E-state index contributed by atoms with van der Waals surface area (Å²) in [6.07, 6.45) is 5.64. The van der Waals surface area contributed by atoms with Crippen LogP contribution < -0.4 is 4.90 Å². The van der Waals surface area contributed by atoms with Crippen molar-refractivity contribution in [2.24, 2.45) is 5.92 Å². The molecule has 3 nitrogen and oxygen atoms in total. The Morgan fingerprint density at radius 3 is 2.42 bits per heavy atom. The van der Waals surface area contributed by atoms with Crippen molar-refractivity contribution < 1.29 is 0 Å². The Morgan fingerprint density at radius 1 is 0.909 bits per heavy atom. The molecular weight excluding hydrogens is 402 g/mol. The Labute approximate surface area is 198 Å². The molecule has 33 heavy (non-hydrogen) atoms. The molecule has 4 aromatic rings. The van der Waals surface area contributed by atoms with Gasteiger partial charge in [0.2, 0.25) is 0 Å². The maximum Gasteiger partial charge on any atom is 0.153 e. The van der Waals surface area contributed by atoms with Crippen LogP contribution in [0.25, 0.3) is 10.9 Å². The van der Waals surface area contributed by atoms with Crippen LogP contribution in [0.2, 0.25) is 0 Å². The molecular formula is C30H35N3. The predicted molar refractivity (Wildman–Crippen MR) is 139 cm³/mol. The van der Waals surface area contributed by atoms with Gasteiger partial charge in [0.1, 0.15) is 0 Å². The number of piperidine rings is 1. The minimum absolute atomic E-state index is 0.757. The van der Waals surface area contributed by atoms with Crippen LogP contribution in [-0.2, 0) is 13.0 Å². The molecule has 0 radical (unpaired) electrons. The second kappa shape index (κ2) is 9.05. The van der Waals surface area contributed by atoms with Crippen LogP contribution in [-0.4, -0.2) is 22.6 Å². The fraction of sp³-hybridized carbons (Fsp3) is 0.367. The smallest absolute Gasteiger partial charge is 0.153 e. The first-order valence-electron chi connectivity index (χ1n) is 12.3. The summed E-state index contributed by atoms with van der Waals surface area (Å²) in [6, 6.07) is 19.9. The monoisotopic (exact) mass is 437 g/mol. The average Bonchev–Trinajstić information content (AvgIpc) is 3.07. The van der Waals surface area contributed by atoms with Crippen LogP contribution in [0.3, 0.4) is 0 Å². The van der Waals surface area contributed by atoms with Gasteiger partial charge in [-0.25, -0.2) is 4.98 Å². The normalized spacial score (nSPS) is 14.8. The fourth-order valence-electron chi connectivity index (χ4n) is 5.44. The van der Waals surface area contributed by atoms with Gasteiger partial charge in [0.05, 0.1) is 5.52 Å². The lowest BCUT2D eigenvalue weighted by atomic mass is 9.90. The predicted octanol–water partition coefficient (Wildman–Crippen LogP) is 6.78. The van der Waals surface area contributed by atoms with Crippen molar-refractivity contribution in [2.45, 2.75) is 53.5 Å². The molecule has 0 spiro atoms. The molecule has 3 heterocycles. The molecule has 1 aliphatic rings. The SMILES string of the molecule is Cc1ccc(C)c(Cn2c(C)c(C)c3ccnc(N4CCC(Cc5ccccc5)CC4)c32)c1. The third-order valence-corrected chi connectivity index (χ3v) is 7.64. The lowest BCUT2D eigenvalue weighted by molar-refractivity contribution is 0.402. The molecule has 0 atom stereocenters. The second-order valence-corrected chi connectivity index (χ2v) is 9.88. The highest BCUT2D eigenvalue weighted by Crippen LogP contribution is 2.34. The van der Waals surface area contributed by atoms with E-state index in [0.29, 0.717) is 0 Å². The van der Waals surface area contributed by atoms with E-state index < -0.39 is 0 Å². The van der Waals surface area contributed by atoms with Crippen molar-refractivity contribution in [3.8, 4) is 0 Å². The highest BCUT2D eigenvalue weighted by Gasteiger charge is 2.24. The molecule has 0 amide bonds. The van der Waals surface area contributed by atoms with E-state index in [1.165, 1.54) is 63.7 Å². The first kappa shape index (κ1) is 21.8. The van der Waals surface area contributed by atoms with Gasteiger partial charge < -0.3 is 9.47 Å². The van der Waals surface area contributed by atoms with Crippen LogP contribution in [0.5, 0.6) is 0 Å². The van der Waals surface area contributed by atoms with Gasteiger partial charge in [-0.3, -0.25) is 0 Å². The number of pyridine rings is 1. The van der Waals surface area contributed by atoms with Crippen molar-refractivity contribution in [2.75, 3.05) is 18.0 Å². The van der Waals surface area contributed by atoms with Gasteiger partial charge in [0, 0.05) is 36.9 Å². The number of aryl methyl sites for hydroxylation is 3. The topological polar surface area (TPSA) is 21.1 Å². The lowest BCUT2D eigenvalue weighted by Crippen LogP contribution is -2.35. The van der Waals surface area contributed by atoms with Gasteiger partial charge in [-0.05, 0) is 81.2 Å². The van der Waals surface area contributed by atoms with Crippen molar-refractivity contribution in [1.82, 2.24) is 9.55 Å². The van der Waals surface area contributed by atoms with Crippen LogP contribution in [0, 0.1) is 33.6 Å². The molecule has 1 saturated heterocycles. The maximum atomic E-state index is 4.94. The van der Waals surface area contributed by atoms with Crippen LogP contribution in [0.4, 0.5) is 5.82 Å². The van der Waals surface area contributed by atoms with Crippen LogP contribution >= 0.6 is 0 Å². The summed E-state index contributed by atoms with van der Waals surface area (Å²) in [4.78, 5) is 7.47. The van der Waals surface area contributed by atoms with Gasteiger partial charge in [0.15, 0.2) is 5.82 Å². The zero-order valence-corrected chi connectivity index (χ0v) is 20.4. The third kappa shape index (κ3) is 4.29. The molecule has 0 N–H and O–H groups in total. The Morgan fingerprint density at radius 2 is 1.67 bits per heavy atom. The van der Waals surface area contributed by atoms with Gasteiger partial charge in [0.25, 0.3) is 0 Å². The fourth-order valence-corrected chi connectivity index (χ4v) is 5.44. The van der Waals surface area contributed by atoms with E-state index in [1.54, 1.807) is 0 Å². The Balaban J connectivity index is 1.44. The van der Waals surface area contributed by atoms with Crippen molar-refractivity contribution in [1.29, 1.82) is 0 Å². The molecule has 1 fully saturated rings. The molecule has 2 aromatic heterocycles. The molecule has 0 unspecified atom stereocenters. The van der Waals surface area contributed by atoms with Crippen molar-refractivity contribution in [3.63, 3.8) is 0 Å². The van der Waals surface area contributed by atoms with E-state index in [4.69, 9.17) is 4.98 Å². The van der Waals surface area contributed by atoms with Gasteiger partial charge in [-0.15, -0.1) is 0 Å². The van der Waals surface area contributed by atoms with Gasteiger partial charge >= 0.3 is 0 Å². The Hall–Kier alpha value is -3.07. The number of hydrogen-bond donors (Lipinski definition) is 0. The van der Waals surface area contributed by atoms with Crippen molar-refractivity contribution in [3.05, 3.63) is 94.3 Å². The van der Waals surface area contributed by atoms with Crippen LogP contribution in [0.15, 0.2) is 60.8 Å². The van der Waals surface area contributed by atoms with E-state index in [-0.39, 0.29) is 0 Å². The maximum absolute atomic E-state index is 4.94. The zero-order valence-electron chi connectivity index (χ0n) is 20.4. The van der Waals surface area contributed by atoms with E-state index in [0.717, 1.165) is 31.4 Å². The number of hydrogen-bond acceptors (Lipinski definition) is 2. The lowest BCUT2D eigenvalue weighted by Gasteiger charge is -2.33. The third-order valence-electron chi connectivity index (χ3n) is 7.64. The molecule has 0 bridgehead atoms. The van der Waals surface area contributed by atoms with Gasteiger partial charge in [-0.1, -0.05) is 54.1 Å². The molecule has 2 aromatic carbocycles. The standard InChI is InChI=1S/C30H35N3/c1-21-10-11-22(2)27(18-21)20-33-24(4)23(3)28-12-15-31-30(29(28)33)32-16-13-26(14-17-32)19-25-8-6-5-7-9-25/h5-12,15,18,26H,13-14,16-17,19-20H2,1-4H3. The van der Waals surface area contributed by atoms with E-state index in [2.05, 4.69) is 91.8 Å². The van der Waals surface area contributed by atoms with Crippen molar-refractivity contribution >= 4 is 16.7 Å². The Kier molecular flexibility index (Phi) is 5.97. The number of fused-ring (bicyclic) bond motifs is 1. The minimum Gasteiger partial charge on any atom is -0.355 e. The summed E-state index contributed by atoms with van der Waals surface area (Å²) in [7, 11) is 0. The molecule has 0 aliphatic carbocycles. The molecule has 170 valence electrons. The van der Waals surface area contributed by atoms with E-state index in [9.17, 15) is 0 Å². The highest BCUT2D eigenvalue weighted by atomic mass is 15.2. The summed E-state index contributed by atoms with van der Waals surface area (Å²) in [5.41, 5.74) is 9.55. The number of anilines is 1. The summed E-state index contributed by atoms with van der Waals surface area (Å²) < 4.78 is 2.50. The van der Waals surface area contributed by atoms with E-state index >= 15 is 0 Å². The number of aromatic nitrogens is 2. The summed E-state index contributed by atoms with van der Waals surface area (Å²) >= 11 is 0. The first-order valence-corrected chi connectivity index (χ1v) is 12.3. The number of rotatable bonds is 5. The molecule has 1 aliphatic heterocycles. The second-order valence-electron chi connectivity index (χ2n) is 9.88. The Bertz CT molecular complexity index is 1260. The molecule has 0 saturated carbocycles. The molecule has 3 heteroatoms. The quantitative estimate of drug-likeness (QED) is 0.343. The van der Waals surface area contributed by atoms with E-state index in [1.807, 2.05) is 6.20 Å².